The molecule has 0 aromatic carbocycles. The number of aryl methyl sites for hydroxylation is 1. The van der Waals surface area contributed by atoms with E-state index in [1.807, 2.05) is 13.0 Å². The Balaban J connectivity index is 1.55. The van der Waals surface area contributed by atoms with Crippen LogP contribution in [-0.4, -0.2) is 47.6 Å². The van der Waals surface area contributed by atoms with Gasteiger partial charge in [-0.1, -0.05) is 0 Å². The molecule has 0 unspecified atom stereocenters. The SMILES string of the molecule is Cc1cc(N2CCC(CN3CCCC3)CC2)nc(N)n1. The van der Waals surface area contributed by atoms with Crippen LogP contribution in [0.2, 0.25) is 0 Å². The molecule has 0 radical (unpaired) electrons. The van der Waals surface area contributed by atoms with Crippen LogP contribution >= 0.6 is 0 Å². The first kappa shape index (κ1) is 13.6. The van der Waals surface area contributed by atoms with Crippen LogP contribution in [0.25, 0.3) is 0 Å². The number of hydrogen-bond acceptors (Lipinski definition) is 5. The van der Waals surface area contributed by atoms with E-state index in [0.29, 0.717) is 5.95 Å². The van der Waals surface area contributed by atoms with E-state index in [9.17, 15) is 0 Å². The van der Waals surface area contributed by atoms with Crippen molar-refractivity contribution in [3.05, 3.63) is 11.8 Å². The summed E-state index contributed by atoms with van der Waals surface area (Å²) in [6.07, 6.45) is 5.30. The number of piperidine rings is 1. The van der Waals surface area contributed by atoms with Gasteiger partial charge in [-0.25, -0.2) is 4.98 Å². The molecule has 1 aromatic rings. The van der Waals surface area contributed by atoms with Gasteiger partial charge in [-0.3, -0.25) is 0 Å². The van der Waals surface area contributed by atoms with Gasteiger partial charge in [-0.15, -0.1) is 0 Å². The molecule has 0 aliphatic carbocycles. The first-order valence-corrected chi connectivity index (χ1v) is 7.79. The minimum atomic E-state index is 0.388. The van der Waals surface area contributed by atoms with Gasteiger partial charge in [-0.05, 0) is 51.6 Å². The second-order valence-corrected chi connectivity index (χ2v) is 6.16. The van der Waals surface area contributed by atoms with Gasteiger partial charge in [0.25, 0.3) is 0 Å². The zero-order chi connectivity index (χ0) is 13.9. The van der Waals surface area contributed by atoms with Gasteiger partial charge in [0, 0.05) is 31.4 Å². The Labute approximate surface area is 121 Å². The molecule has 3 heterocycles. The summed E-state index contributed by atoms with van der Waals surface area (Å²) < 4.78 is 0. The molecule has 2 saturated heterocycles. The Morgan fingerprint density at radius 3 is 2.50 bits per heavy atom. The Morgan fingerprint density at radius 2 is 1.85 bits per heavy atom. The Hall–Kier alpha value is -1.36. The number of aromatic nitrogens is 2. The highest BCUT2D eigenvalue weighted by Crippen LogP contribution is 2.24. The second kappa shape index (κ2) is 5.95. The Morgan fingerprint density at radius 1 is 1.15 bits per heavy atom. The van der Waals surface area contributed by atoms with E-state index >= 15 is 0 Å². The summed E-state index contributed by atoms with van der Waals surface area (Å²) in [7, 11) is 0. The molecule has 2 aliphatic rings. The van der Waals surface area contributed by atoms with Crippen molar-refractivity contribution in [2.45, 2.75) is 32.6 Å². The summed E-state index contributed by atoms with van der Waals surface area (Å²) in [5, 5.41) is 0. The van der Waals surface area contributed by atoms with Crippen LogP contribution in [-0.2, 0) is 0 Å². The van der Waals surface area contributed by atoms with E-state index < -0.39 is 0 Å². The fraction of sp³-hybridized carbons (Fsp3) is 0.733. The molecule has 3 rings (SSSR count). The summed E-state index contributed by atoms with van der Waals surface area (Å²) in [6.45, 7) is 8.06. The number of rotatable bonds is 3. The monoisotopic (exact) mass is 275 g/mol. The standard InChI is InChI=1S/C15H25N5/c1-12-10-14(18-15(16)17-12)20-8-4-13(5-9-20)11-19-6-2-3-7-19/h10,13H,2-9,11H2,1H3,(H2,16,17,18). The van der Waals surface area contributed by atoms with Crippen LogP contribution in [0.4, 0.5) is 11.8 Å². The molecule has 0 saturated carbocycles. The van der Waals surface area contributed by atoms with Crippen molar-refractivity contribution in [2.75, 3.05) is 43.4 Å². The summed E-state index contributed by atoms with van der Waals surface area (Å²) in [6, 6.07) is 2.04. The maximum atomic E-state index is 5.75. The first-order valence-electron chi connectivity index (χ1n) is 7.79. The lowest BCUT2D eigenvalue weighted by molar-refractivity contribution is 0.249. The zero-order valence-electron chi connectivity index (χ0n) is 12.4. The van der Waals surface area contributed by atoms with Gasteiger partial charge in [0.05, 0.1) is 0 Å². The number of anilines is 2. The predicted octanol–water partition coefficient (Wildman–Crippen LogP) is 1.68. The van der Waals surface area contributed by atoms with E-state index in [1.165, 1.54) is 45.3 Å². The molecular formula is C15H25N5. The van der Waals surface area contributed by atoms with Crippen LogP contribution in [0.15, 0.2) is 6.07 Å². The number of hydrogen-bond donors (Lipinski definition) is 1. The minimum absolute atomic E-state index is 0.388. The highest BCUT2D eigenvalue weighted by atomic mass is 15.2. The molecule has 5 nitrogen and oxygen atoms in total. The van der Waals surface area contributed by atoms with Gasteiger partial charge >= 0.3 is 0 Å². The molecule has 0 amide bonds. The lowest BCUT2D eigenvalue weighted by Crippen LogP contribution is -2.38. The van der Waals surface area contributed by atoms with Gasteiger partial charge in [0.1, 0.15) is 5.82 Å². The molecule has 0 atom stereocenters. The third-order valence-corrected chi connectivity index (χ3v) is 4.51. The zero-order valence-corrected chi connectivity index (χ0v) is 12.4. The third-order valence-electron chi connectivity index (χ3n) is 4.51. The molecular weight excluding hydrogens is 250 g/mol. The fourth-order valence-electron chi connectivity index (χ4n) is 3.41. The van der Waals surface area contributed by atoms with Crippen molar-refractivity contribution in [2.24, 2.45) is 5.92 Å². The highest BCUT2D eigenvalue weighted by Gasteiger charge is 2.23. The summed E-state index contributed by atoms with van der Waals surface area (Å²) in [4.78, 5) is 13.5. The molecule has 2 aliphatic heterocycles. The van der Waals surface area contributed by atoms with Crippen molar-refractivity contribution in [3.63, 3.8) is 0 Å². The molecule has 5 heteroatoms. The van der Waals surface area contributed by atoms with Crippen LogP contribution in [0.1, 0.15) is 31.4 Å². The Kier molecular flexibility index (Phi) is 4.05. The van der Waals surface area contributed by atoms with Gasteiger partial charge < -0.3 is 15.5 Å². The molecule has 0 spiro atoms. The van der Waals surface area contributed by atoms with Gasteiger partial charge in [0.15, 0.2) is 0 Å². The lowest BCUT2D eigenvalue weighted by Gasteiger charge is -2.34. The average molecular weight is 275 g/mol. The molecule has 20 heavy (non-hydrogen) atoms. The maximum Gasteiger partial charge on any atom is 0.222 e. The number of nitrogen functional groups attached to an aromatic ring is 1. The smallest absolute Gasteiger partial charge is 0.222 e. The first-order chi connectivity index (χ1) is 9.70. The van der Waals surface area contributed by atoms with Gasteiger partial charge in [0.2, 0.25) is 5.95 Å². The second-order valence-electron chi connectivity index (χ2n) is 6.16. The van der Waals surface area contributed by atoms with Crippen LogP contribution in [0, 0.1) is 12.8 Å². The third kappa shape index (κ3) is 3.20. The number of nitrogens with zero attached hydrogens (tertiary/aromatic N) is 4. The topological polar surface area (TPSA) is 58.3 Å². The van der Waals surface area contributed by atoms with Crippen molar-refractivity contribution in [1.29, 1.82) is 0 Å². The van der Waals surface area contributed by atoms with Crippen molar-refractivity contribution < 1.29 is 0 Å². The van der Waals surface area contributed by atoms with E-state index in [0.717, 1.165) is 30.5 Å². The van der Waals surface area contributed by atoms with Crippen LogP contribution in [0.3, 0.4) is 0 Å². The maximum absolute atomic E-state index is 5.75. The van der Waals surface area contributed by atoms with Gasteiger partial charge in [-0.2, -0.15) is 4.98 Å². The van der Waals surface area contributed by atoms with E-state index in [-0.39, 0.29) is 0 Å². The quantitative estimate of drug-likeness (QED) is 0.909. The molecule has 2 N–H and O–H groups in total. The molecule has 0 bridgehead atoms. The number of likely N-dealkylation sites (tertiary alicyclic amines) is 1. The van der Waals surface area contributed by atoms with E-state index in [1.54, 1.807) is 0 Å². The minimum Gasteiger partial charge on any atom is -0.368 e. The highest BCUT2D eigenvalue weighted by molar-refractivity contribution is 5.43. The predicted molar refractivity (Wildman–Crippen MR) is 81.8 cm³/mol. The normalized spacial score (nSPS) is 21.6. The van der Waals surface area contributed by atoms with Crippen molar-refractivity contribution in [3.8, 4) is 0 Å². The van der Waals surface area contributed by atoms with Crippen LogP contribution in [0.5, 0.6) is 0 Å². The van der Waals surface area contributed by atoms with E-state index in [4.69, 9.17) is 5.73 Å². The summed E-state index contributed by atoms with van der Waals surface area (Å²) in [5.74, 6) is 2.23. The fourth-order valence-corrected chi connectivity index (χ4v) is 3.41. The largest absolute Gasteiger partial charge is 0.368 e. The number of nitrogens with two attached hydrogens (primary N) is 1. The van der Waals surface area contributed by atoms with Crippen molar-refractivity contribution >= 4 is 11.8 Å². The average Bonchev–Trinajstić information content (AvgIpc) is 2.91. The summed E-state index contributed by atoms with van der Waals surface area (Å²) in [5.41, 5.74) is 6.70. The lowest BCUT2D eigenvalue weighted by atomic mass is 9.96. The van der Waals surface area contributed by atoms with Crippen molar-refractivity contribution in [1.82, 2.24) is 14.9 Å². The molecule has 2 fully saturated rings. The van der Waals surface area contributed by atoms with E-state index in [2.05, 4.69) is 19.8 Å². The molecule has 110 valence electrons. The summed E-state index contributed by atoms with van der Waals surface area (Å²) >= 11 is 0. The Bertz CT molecular complexity index is 427. The molecule has 1 aromatic heterocycles. The van der Waals surface area contributed by atoms with Crippen LogP contribution < -0.4 is 10.6 Å².